The maximum absolute atomic E-state index is 13.5. The largest absolute Gasteiger partial charge is 0.481 e. The zero-order chi connectivity index (χ0) is 27.0. The van der Waals surface area contributed by atoms with Gasteiger partial charge in [0.1, 0.15) is 0 Å². The first-order chi connectivity index (χ1) is 17.5. The number of nitrogens with one attached hydrogen (secondary N) is 1. The molecule has 2 aromatic rings. The Hall–Kier alpha value is -3.30. The van der Waals surface area contributed by atoms with Gasteiger partial charge in [-0.15, -0.1) is 0 Å². The van der Waals surface area contributed by atoms with Crippen molar-refractivity contribution < 1.29 is 24.7 Å². The molecule has 2 aliphatic heterocycles. The molecule has 0 amide bonds. The number of carboxylic acid groups (broad SMARTS) is 2. The summed E-state index contributed by atoms with van der Waals surface area (Å²) >= 11 is 0. The van der Waals surface area contributed by atoms with E-state index in [1.165, 1.54) is 18.2 Å². The summed E-state index contributed by atoms with van der Waals surface area (Å²) in [5.41, 5.74) is -1.72. The average molecular weight is 510 g/mol. The van der Waals surface area contributed by atoms with Crippen LogP contribution in [0.4, 0.5) is 5.69 Å². The van der Waals surface area contributed by atoms with Crippen LogP contribution in [-0.4, -0.2) is 57.1 Å². The van der Waals surface area contributed by atoms with E-state index in [0.717, 1.165) is 18.5 Å². The number of hydrogen-bond acceptors (Lipinski definition) is 6. The van der Waals surface area contributed by atoms with Crippen molar-refractivity contribution in [2.75, 3.05) is 13.1 Å². The predicted molar refractivity (Wildman–Crippen MR) is 138 cm³/mol. The van der Waals surface area contributed by atoms with E-state index in [2.05, 4.69) is 10.2 Å². The molecule has 9 nitrogen and oxygen atoms in total. The quantitative estimate of drug-likeness (QED) is 0.375. The Morgan fingerprint density at radius 1 is 1.08 bits per heavy atom. The van der Waals surface area contributed by atoms with Crippen LogP contribution in [0, 0.1) is 26.9 Å². The number of carbonyl (C=O) groups is 2. The number of rotatable bonds is 7. The molecule has 3 N–H and O–H groups in total. The molecule has 0 bridgehead atoms. The Bertz CT molecular complexity index is 1170. The zero-order valence-electron chi connectivity index (χ0n) is 21.5. The lowest BCUT2D eigenvalue weighted by Gasteiger charge is -2.59. The van der Waals surface area contributed by atoms with Crippen molar-refractivity contribution in [2.45, 2.75) is 58.2 Å². The maximum Gasteiger partial charge on any atom is 0.312 e. The molecule has 4 rings (SSSR count). The van der Waals surface area contributed by atoms with E-state index >= 15 is 0 Å². The van der Waals surface area contributed by atoms with Gasteiger partial charge in [-0.25, -0.2) is 0 Å². The van der Waals surface area contributed by atoms with Crippen molar-refractivity contribution >= 4 is 17.6 Å². The maximum atomic E-state index is 13.5. The fourth-order valence-electron chi connectivity index (χ4n) is 6.93. The molecule has 6 unspecified atom stereocenters. The zero-order valence-corrected chi connectivity index (χ0v) is 21.5. The summed E-state index contributed by atoms with van der Waals surface area (Å²) in [6.45, 7) is 7.11. The van der Waals surface area contributed by atoms with Gasteiger partial charge in [-0.1, -0.05) is 42.5 Å². The van der Waals surface area contributed by atoms with E-state index in [9.17, 15) is 29.9 Å². The van der Waals surface area contributed by atoms with Crippen LogP contribution in [0.25, 0.3) is 0 Å². The first kappa shape index (κ1) is 26.8. The summed E-state index contributed by atoms with van der Waals surface area (Å²) in [4.78, 5) is 39.7. The van der Waals surface area contributed by atoms with E-state index < -0.39 is 45.7 Å². The summed E-state index contributed by atoms with van der Waals surface area (Å²) in [5.74, 6) is -3.57. The van der Waals surface area contributed by atoms with Gasteiger partial charge in [0.2, 0.25) is 0 Å². The molecule has 0 radical (unpaired) electrons. The van der Waals surface area contributed by atoms with Gasteiger partial charge >= 0.3 is 11.9 Å². The standard InChI is InChI=1S/C28H35N3O6/c1-18-27(3,25(32)33)24(21-11-7-13-23(15-21)31(36)37)28(26(34)35,19(2)29-18)22-12-8-14-30(17-22)16-20-9-5-4-6-10-20/h4-7,9-11,13,15,18-19,22,24,29H,8,12,14,16-17H2,1-3H3,(H,32,33)(H,34,35). The van der Waals surface area contributed by atoms with Crippen LogP contribution in [0.5, 0.6) is 0 Å². The van der Waals surface area contributed by atoms with Crippen LogP contribution < -0.4 is 5.32 Å². The van der Waals surface area contributed by atoms with Crippen molar-refractivity contribution in [1.29, 1.82) is 0 Å². The van der Waals surface area contributed by atoms with Crippen LogP contribution >= 0.6 is 0 Å². The third-order valence-electron chi connectivity index (χ3n) is 8.87. The minimum absolute atomic E-state index is 0.183. The van der Waals surface area contributed by atoms with Gasteiger partial charge in [0, 0.05) is 43.2 Å². The number of benzene rings is 2. The smallest absolute Gasteiger partial charge is 0.312 e. The number of aliphatic carboxylic acids is 2. The molecule has 0 saturated carbocycles. The lowest BCUT2D eigenvalue weighted by Crippen LogP contribution is -2.71. The van der Waals surface area contributed by atoms with Gasteiger partial charge in [0.15, 0.2) is 0 Å². The number of piperidine rings is 2. The Labute approximate surface area is 216 Å². The summed E-state index contributed by atoms with van der Waals surface area (Å²) < 4.78 is 0. The van der Waals surface area contributed by atoms with Gasteiger partial charge in [-0.05, 0) is 57.2 Å². The van der Waals surface area contributed by atoms with Crippen molar-refractivity contribution in [2.24, 2.45) is 16.7 Å². The topological polar surface area (TPSA) is 133 Å². The molecule has 0 aromatic heterocycles. The first-order valence-electron chi connectivity index (χ1n) is 12.8. The minimum atomic E-state index is -1.53. The fraction of sp³-hybridized carbons (Fsp3) is 0.500. The highest BCUT2D eigenvalue weighted by Gasteiger charge is 2.67. The number of nitro benzene ring substituents is 1. The summed E-state index contributed by atoms with van der Waals surface area (Å²) in [5, 5.41) is 36.5. The number of carboxylic acids is 2. The molecule has 0 aliphatic carbocycles. The summed E-state index contributed by atoms with van der Waals surface area (Å²) in [6.07, 6.45) is 1.40. The Morgan fingerprint density at radius 2 is 1.78 bits per heavy atom. The number of likely N-dealkylation sites (tertiary alicyclic amines) is 1. The second kappa shape index (κ2) is 10.2. The number of non-ortho nitro benzene ring substituents is 1. The fourth-order valence-corrected chi connectivity index (χ4v) is 6.93. The van der Waals surface area contributed by atoms with Gasteiger partial charge < -0.3 is 15.5 Å². The number of nitro groups is 1. The average Bonchev–Trinajstić information content (AvgIpc) is 2.86. The Morgan fingerprint density at radius 3 is 2.41 bits per heavy atom. The third kappa shape index (κ3) is 4.51. The second-order valence-electron chi connectivity index (χ2n) is 10.8. The molecule has 2 aromatic carbocycles. The highest BCUT2D eigenvalue weighted by atomic mass is 16.6. The molecule has 2 saturated heterocycles. The van der Waals surface area contributed by atoms with Crippen molar-refractivity contribution in [1.82, 2.24) is 10.2 Å². The van der Waals surface area contributed by atoms with Crippen molar-refractivity contribution in [3.05, 3.63) is 75.8 Å². The van der Waals surface area contributed by atoms with E-state index in [-0.39, 0.29) is 11.6 Å². The lowest BCUT2D eigenvalue weighted by atomic mass is 9.48. The highest BCUT2D eigenvalue weighted by molar-refractivity contribution is 5.84. The van der Waals surface area contributed by atoms with Crippen LogP contribution in [0.15, 0.2) is 54.6 Å². The van der Waals surface area contributed by atoms with Gasteiger partial charge in [-0.2, -0.15) is 0 Å². The van der Waals surface area contributed by atoms with E-state index in [1.54, 1.807) is 19.9 Å². The highest BCUT2D eigenvalue weighted by Crippen LogP contribution is 2.60. The van der Waals surface area contributed by atoms with Crippen LogP contribution in [0.1, 0.15) is 50.7 Å². The summed E-state index contributed by atoms with van der Waals surface area (Å²) in [6, 6.07) is 14.7. The molecule has 2 fully saturated rings. The van der Waals surface area contributed by atoms with Gasteiger partial charge in [0.05, 0.1) is 15.8 Å². The molecule has 2 aliphatic rings. The van der Waals surface area contributed by atoms with Crippen LogP contribution in [-0.2, 0) is 16.1 Å². The van der Waals surface area contributed by atoms with E-state index in [0.29, 0.717) is 25.1 Å². The normalized spacial score (nSPS) is 32.5. The molecule has 198 valence electrons. The molecule has 9 heteroatoms. The molecular formula is C28H35N3O6. The van der Waals surface area contributed by atoms with Crippen molar-refractivity contribution in [3.8, 4) is 0 Å². The molecular weight excluding hydrogens is 474 g/mol. The van der Waals surface area contributed by atoms with Gasteiger partial charge in [0.25, 0.3) is 5.69 Å². The Balaban J connectivity index is 1.87. The number of hydrogen-bond donors (Lipinski definition) is 3. The second-order valence-corrected chi connectivity index (χ2v) is 10.8. The van der Waals surface area contributed by atoms with Crippen LogP contribution in [0.2, 0.25) is 0 Å². The van der Waals surface area contributed by atoms with Crippen molar-refractivity contribution in [3.63, 3.8) is 0 Å². The third-order valence-corrected chi connectivity index (χ3v) is 8.87. The number of nitrogens with zero attached hydrogens (tertiary/aromatic N) is 2. The predicted octanol–water partition coefficient (Wildman–Crippen LogP) is 4.13. The molecule has 0 spiro atoms. The minimum Gasteiger partial charge on any atom is -0.481 e. The molecule has 37 heavy (non-hydrogen) atoms. The van der Waals surface area contributed by atoms with E-state index in [1.807, 2.05) is 37.3 Å². The van der Waals surface area contributed by atoms with E-state index in [4.69, 9.17) is 0 Å². The Kier molecular flexibility index (Phi) is 7.39. The molecule has 2 heterocycles. The molecule has 6 atom stereocenters. The van der Waals surface area contributed by atoms with Crippen LogP contribution in [0.3, 0.4) is 0 Å². The first-order valence-corrected chi connectivity index (χ1v) is 12.8. The lowest BCUT2D eigenvalue weighted by molar-refractivity contribution is -0.385. The SMILES string of the molecule is CC1NC(C)C(C(=O)O)(C2CCCN(Cc3ccccc3)C2)C(c2cccc([N+](=O)[O-])c2)C1(C)C(=O)O. The van der Waals surface area contributed by atoms with Gasteiger partial charge in [-0.3, -0.25) is 24.6 Å². The monoisotopic (exact) mass is 509 g/mol. The summed E-state index contributed by atoms with van der Waals surface area (Å²) in [7, 11) is 0.